The Morgan fingerprint density at radius 1 is 1.62 bits per heavy atom. The summed E-state index contributed by atoms with van der Waals surface area (Å²) < 4.78 is 13.0. The van der Waals surface area contributed by atoms with E-state index in [-0.39, 0.29) is 10.2 Å². The van der Waals surface area contributed by atoms with Crippen molar-refractivity contribution in [3.05, 3.63) is 32.5 Å². The monoisotopic (exact) mass is 292 g/mol. The first-order valence-corrected chi connectivity index (χ1v) is 4.80. The van der Waals surface area contributed by atoms with Crippen molar-refractivity contribution in [2.75, 3.05) is 11.9 Å². The molecule has 0 aliphatic heterocycles. The molecule has 1 rings (SSSR count). The van der Waals surface area contributed by atoms with Crippen LogP contribution in [0.25, 0.3) is 0 Å². The Morgan fingerprint density at radius 2 is 2.25 bits per heavy atom. The third-order valence-electron chi connectivity index (χ3n) is 1.67. The van der Waals surface area contributed by atoms with Crippen LogP contribution >= 0.6 is 15.9 Å². The molecule has 2 N–H and O–H groups in total. The number of benzene rings is 1. The minimum atomic E-state index is -1.20. The van der Waals surface area contributed by atoms with E-state index in [2.05, 4.69) is 21.2 Å². The number of nitrogens with zero attached hydrogens (tertiary/aromatic N) is 1. The molecule has 1 aromatic rings. The van der Waals surface area contributed by atoms with E-state index in [1.54, 1.807) is 0 Å². The molecule has 0 heterocycles. The van der Waals surface area contributed by atoms with E-state index in [4.69, 9.17) is 5.11 Å². The summed E-state index contributed by atoms with van der Waals surface area (Å²) in [5, 5.41) is 21.3. The van der Waals surface area contributed by atoms with Gasteiger partial charge < -0.3 is 10.4 Å². The molecule has 86 valence electrons. The van der Waals surface area contributed by atoms with E-state index in [0.29, 0.717) is 0 Å². The van der Waals surface area contributed by atoms with Gasteiger partial charge in [-0.25, -0.2) is 4.39 Å². The van der Waals surface area contributed by atoms with Crippen LogP contribution in [0.1, 0.15) is 0 Å². The molecule has 0 spiro atoms. The maximum absolute atomic E-state index is 13.1. The average Bonchev–Trinajstić information content (AvgIpc) is 2.18. The van der Waals surface area contributed by atoms with Crippen molar-refractivity contribution in [1.29, 1.82) is 0 Å². The van der Waals surface area contributed by atoms with Gasteiger partial charge in [0.2, 0.25) is 0 Å². The molecule has 8 heteroatoms. The lowest BCUT2D eigenvalue weighted by Gasteiger charge is -2.05. The number of rotatable bonds is 4. The molecule has 0 unspecified atom stereocenters. The van der Waals surface area contributed by atoms with Gasteiger partial charge in [0.05, 0.1) is 9.40 Å². The van der Waals surface area contributed by atoms with Crippen LogP contribution in [-0.2, 0) is 4.79 Å². The van der Waals surface area contributed by atoms with E-state index >= 15 is 0 Å². The summed E-state index contributed by atoms with van der Waals surface area (Å²) in [6.45, 7) is -0.526. The molecule has 0 aliphatic rings. The van der Waals surface area contributed by atoms with Crippen molar-refractivity contribution in [3.63, 3.8) is 0 Å². The van der Waals surface area contributed by atoms with Gasteiger partial charge in [-0.1, -0.05) is 0 Å². The number of hydrogen-bond acceptors (Lipinski definition) is 4. The molecule has 6 nitrogen and oxygen atoms in total. The second-order valence-corrected chi connectivity index (χ2v) is 3.64. The molecule has 0 amide bonds. The minimum Gasteiger partial charge on any atom is -0.480 e. The van der Waals surface area contributed by atoms with Gasteiger partial charge in [0.1, 0.15) is 18.0 Å². The summed E-state index contributed by atoms with van der Waals surface area (Å²) in [6, 6.07) is 1.84. The number of halogens is 2. The Labute approximate surface area is 97.4 Å². The smallest absolute Gasteiger partial charge is 0.322 e. The van der Waals surface area contributed by atoms with E-state index in [1.165, 1.54) is 0 Å². The molecule has 0 bridgehead atoms. The van der Waals surface area contributed by atoms with Crippen LogP contribution in [0, 0.1) is 15.9 Å². The largest absolute Gasteiger partial charge is 0.480 e. The minimum absolute atomic E-state index is 0.0555. The van der Waals surface area contributed by atoms with Crippen LogP contribution in [-0.4, -0.2) is 22.5 Å². The van der Waals surface area contributed by atoms with Gasteiger partial charge in [0, 0.05) is 12.1 Å². The lowest BCUT2D eigenvalue weighted by Crippen LogP contribution is -2.13. The molecule has 0 saturated heterocycles. The second kappa shape index (κ2) is 4.88. The van der Waals surface area contributed by atoms with Crippen LogP contribution in [0.15, 0.2) is 16.6 Å². The van der Waals surface area contributed by atoms with Crippen molar-refractivity contribution in [2.45, 2.75) is 0 Å². The summed E-state index contributed by atoms with van der Waals surface area (Å²) in [7, 11) is 0. The van der Waals surface area contributed by atoms with E-state index < -0.39 is 28.9 Å². The Bertz CT molecular complexity index is 452. The Hall–Kier alpha value is -1.70. The first-order valence-electron chi connectivity index (χ1n) is 4.01. The van der Waals surface area contributed by atoms with Crippen molar-refractivity contribution in [2.24, 2.45) is 0 Å². The first-order chi connectivity index (χ1) is 7.41. The van der Waals surface area contributed by atoms with Crippen molar-refractivity contribution < 1.29 is 19.2 Å². The molecule has 0 fully saturated rings. The van der Waals surface area contributed by atoms with E-state index in [0.717, 1.165) is 12.1 Å². The number of carboxylic acid groups (broad SMARTS) is 1. The highest BCUT2D eigenvalue weighted by Gasteiger charge is 2.17. The Kier molecular flexibility index (Phi) is 3.78. The highest BCUT2D eigenvalue weighted by Crippen LogP contribution is 2.30. The van der Waals surface area contributed by atoms with Crippen molar-refractivity contribution in [3.8, 4) is 0 Å². The number of nitro groups is 1. The molecule has 16 heavy (non-hydrogen) atoms. The highest BCUT2D eigenvalue weighted by molar-refractivity contribution is 9.10. The first kappa shape index (κ1) is 12.4. The SMILES string of the molecule is O=C(O)CNc1cc(F)c(Br)cc1[N+](=O)[O-]. The summed E-state index contributed by atoms with van der Waals surface area (Å²) in [4.78, 5) is 20.1. The number of carbonyl (C=O) groups is 1. The van der Waals surface area contributed by atoms with Crippen LogP contribution in [0.2, 0.25) is 0 Å². The molecular formula is C8H6BrFN2O4. The standard InChI is InChI=1S/C8H6BrFN2O4/c9-4-1-7(12(15)16)6(2-5(4)10)11-3-8(13)14/h1-2,11H,3H2,(H,13,14). The van der Waals surface area contributed by atoms with Gasteiger partial charge in [-0.15, -0.1) is 0 Å². The van der Waals surface area contributed by atoms with Gasteiger partial charge in [-0.3, -0.25) is 14.9 Å². The number of hydrogen-bond donors (Lipinski definition) is 2. The predicted octanol–water partition coefficient (Wildman–Crippen LogP) is 1.99. The van der Waals surface area contributed by atoms with Gasteiger partial charge in [0.25, 0.3) is 5.69 Å². The summed E-state index contributed by atoms with van der Waals surface area (Å²) in [6.07, 6.45) is 0. The number of aliphatic carboxylic acids is 1. The third kappa shape index (κ3) is 2.89. The number of carboxylic acids is 1. The van der Waals surface area contributed by atoms with Crippen LogP contribution in [0.4, 0.5) is 15.8 Å². The van der Waals surface area contributed by atoms with Gasteiger partial charge in [-0.2, -0.15) is 0 Å². The van der Waals surface area contributed by atoms with Crippen LogP contribution < -0.4 is 5.32 Å². The Morgan fingerprint density at radius 3 is 2.75 bits per heavy atom. The van der Waals surface area contributed by atoms with Crippen molar-refractivity contribution >= 4 is 33.3 Å². The fourth-order valence-corrected chi connectivity index (χ4v) is 1.33. The number of nitro benzene ring substituents is 1. The molecule has 0 aliphatic carbocycles. The fraction of sp³-hybridized carbons (Fsp3) is 0.125. The quantitative estimate of drug-likeness (QED) is 0.654. The highest BCUT2D eigenvalue weighted by atomic mass is 79.9. The van der Waals surface area contributed by atoms with Crippen molar-refractivity contribution in [1.82, 2.24) is 0 Å². The number of anilines is 1. The zero-order valence-corrected chi connectivity index (χ0v) is 9.32. The summed E-state index contributed by atoms with van der Waals surface area (Å²) in [5.41, 5.74) is -0.567. The number of nitrogens with one attached hydrogen (secondary N) is 1. The van der Waals surface area contributed by atoms with Gasteiger partial charge >= 0.3 is 5.97 Å². The molecule has 0 atom stereocenters. The maximum Gasteiger partial charge on any atom is 0.322 e. The van der Waals surface area contributed by atoms with E-state index in [1.807, 2.05) is 0 Å². The van der Waals surface area contributed by atoms with Gasteiger partial charge in [0.15, 0.2) is 0 Å². The van der Waals surface area contributed by atoms with Gasteiger partial charge in [-0.05, 0) is 15.9 Å². The summed E-state index contributed by atoms with van der Waals surface area (Å²) >= 11 is 2.81. The lowest BCUT2D eigenvalue weighted by molar-refractivity contribution is -0.384. The summed E-state index contributed by atoms with van der Waals surface area (Å²) in [5.74, 6) is -1.91. The van der Waals surface area contributed by atoms with Crippen LogP contribution in [0.5, 0.6) is 0 Å². The fourth-order valence-electron chi connectivity index (χ4n) is 1.000. The maximum atomic E-state index is 13.1. The van der Waals surface area contributed by atoms with E-state index in [9.17, 15) is 19.3 Å². The molecule has 1 aromatic carbocycles. The topological polar surface area (TPSA) is 92.5 Å². The molecule has 0 radical (unpaired) electrons. The lowest BCUT2D eigenvalue weighted by atomic mass is 10.2. The zero-order chi connectivity index (χ0) is 12.3. The normalized spacial score (nSPS) is 9.88. The zero-order valence-electron chi connectivity index (χ0n) is 7.74. The molecular weight excluding hydrogens is 287 g/mol. The Balaban J connectivity index is 3.09. The molecule has 0 saturated carbocycles. The second-order valence-electron chi connectivity index (χ2n) is 2.79. The third-order valence-corrected chi connectivity index (χ3v) is 2.27. The predicted molar refractivity (Wildman–Crippen MR) is 56.9 cm³/mol. The molecule has 0 aromatic heterocycles. The average molecular weight is 293 g/mol. The van der Waals surface area contributed by atoms with Crippen LogP contribution in [0.3, 0.4) is 0 Å².